The van der Waals surface area contributed by atoms with E-state index in [1.807, 2.05) is 0 Å². The monoisotopic (exact) mass is 572 g/mol. The van der Waals surface area contributed by atoms with Crippen molar-refractivity contribution in [3.05, 3.63) is 20.9 Å². The summed E-state index contributed by atoms with van der Waals surface area (Å²) in [6, 6.07) is 0. The molecule has 32 heavy (non-hydrogen) atoms. The van der Waals surface area contributed by atoms with Gasteiger partial charge in [0.2, 0.25) is 0 Å². The van der Waals surface area contributed by atoms with Crippen LogP contribution in [0, 0.1) is 5.41 Å². The van der Waals surface area contributed by atoms with Gasteiger partial charge in [-0.05, 0) is 0 Å². The molecule has 1 fully saturated rings. The maximum absolute atomic E-state index is 12.9. The van der Waals surface area contributed by atoms with Crippen molar-refractivity contribution in [3.8, 4) is 0 Å². The van der Waals surface area contributed by atoms with Gasteiger partial charge in [-0.25, -0.2) is 0 Å². The van der Waals surface area contributed by atoms with Gasteiger partial charge >= 0.3 is 203 Å². The molecule has 0 unspecified atom stereocenters. The fourth-order valence-electron chi connectivity index (χ4n) is 5.06. The summed E-state index contributed by atoms with van der Waals surface area (Å²) in [5.74, 6) is -0.906. The Morgan fingerprint density at radius 1 is 0.844 bits per heavy atom. The Bertz CT molecular complexity index is 653. The zero-order valence-electron chi connectivity index (χ0n) is 22.1. The van der Waals surface area contributed by atoms with Crippen LogP contribution in [0.4, 0.5) is 0 Å². The topological polar surface area (TPSA) is 52.6 Å². The molecule has 1 rings (SSSR count). The summed E-state index contributed by atoms with van der Waals surface area (Å²) in [6.07, 6.45) is 8.41. The predicted molar refractivity (Wildman–Crippen MR) is 140 cm³/mol. The molecule has 1 aliphatic carbocycles. The summed E-state index contributed by atoms with van der Waals surface area (Å²) < 4.78 is 17.1. The molecule has 0 spiro atoms. The van der Waals surface area contributed by atoms with Crippen LogP contribution in [0.15, 0.2) is 20.9 Å². The normalized spacial score (nSPS) is 18.9. The molecule has 0 radical (unpaired) electrons. The van der Waals surface area contributed by atoms with Gasteiger partial charge in [0.1, 0.15) is 0 Å². The Balaban J connectivity index is 3.66. The van der Waals surface area contributed by atoms with E-state index in [4.69, 9.17) is 9.47 Å². The van der Waals surface area contributed by atoms with Crippen molar-refractivity contribution in [2.24, 2.45) is 5.41 Å². The number of ether oxygens (including phenoxy) is 2. The van der Waals surface area contributed by atoms with Crippen molar-refractivity contribution < 1.29 is 19.1 Å². The van der Waals surface area contributed by atoms with Crippen molar-refractivity contribution in [1.82, 2.24) is 0 Å². The summed E-state index contributed by atoms with van der Waals surface area (Å²) >= 11 is -2.61. The van der Waals surface area contributed by atoms with Crippen LogP contribution in [0.3, 0.4) is 0 Å². The second-order valence-corrected chi connectivity index (χ2v) is 28.7. The van der Waals surface area contributed by atoms with E-state index in [2.05, 4.69) is 50.2 Å². The molecule has 0 N–H and O–H groups in total. The number of hydrogen-bond acceptors (Lipinski definition) is 4. The van der Waals surface area contributed by atoms with Gasteiger partial charge in [-0.2, -0.15) is 0 Å². The molecule has 1 saturated carbocycles. The van der Waals surface area contributed by atoms with Gasteiger partial charge in [-0.1, -0.05) is 0 Å². The fraction of sp³-hybridized carbons (Fsp3) is 0.769. The second kappa shape index (κ2) is 13.4. The number of esters is 2. The van der Waals surface area contributed by atoms with Crippen LogP contribution in [-0.2, 0) is 19.1 Å². The minimum atomic E-state index is -2.61. The van der Waals surface area contributed by atoms with Gasteiger partial charge in [-0.3, -0.25) is 0 Å². The summed E-state index contributed by atoms with van der Waals surface area (Å²) in [5.41, 5.74) is 3.66. The van der Waals surface area contributed by atoms with Gasteiger partial charge in [-0.15, -0.1) is 0 Å². The molecular formula is C26H48O4SiSn. The summed E-state index contributed by atoms with van der Waals surface area (Å²) in [5, 5.41) is 0. The van der Waals surface area contributed by atoms with Crippen molar-refractivity contribution in [1.29, 1.82) is 0 Å². The number of carbonyl (C=O) groups excluding carboxylic acids is 2. The number of carbonyl (C=O) groups is 2. The van der Waals surface area contributed by atoms with E-state index in [1.165, 1.54) is 77.2 Å². The molecule has 0 aliphatic heterocycles. The van der Waals surface area contributed by atoms with Crippen LogP contribution in [0.1, 0.15) is 72.1 Å². The summed E-state index contributed by atoms with van der Waals surface area (Å²) in [6.45, 7) is 13.8. The van der Waals surface area contributed by atoms with Crippen LogP contribution in [-0.4, -0.2) is 52.6 Å². The Morgan fingerprint density at radius 2 is 1.25 bits per heavy atom. The maximum atomic E-state index is 12.9. The molecule has 4 nitrogen and oxygen atoms in total. The van der Waals surface area contributed by atoms with Gasteiger partial charge in [0.25, 0.3) is 0 Å². The molecule has 0 saturated heterocycles. The summed E-state index contributed by atoms with van der Waals surface area (Å²) in [7, 11) is 1.21. The predicted octanol–water partition coefficient (Wildman–Crippen LogP) is 7.23. The van der Waals surface area contributed by atoms with Crippen LogP contribution >= 0.6 is 0 Å². The third-order valence-corrected chi connectivity index (χ3v) is 22.2. The number of unbranched alkanes of at least 4 members (excludes halogenated alkanes) is 3. The Labute approximate surface area is 202 Å². The van der Waals surface area contributed by atoms with Crippen molar-refractivity contribution in [3.63, 3.8) is 0 Å². The molecule has 0 atom stereocenters. The van der Waals surface area contributed by atoms with Gasteiger partial charge in [0, 0.05) is 0 Å². The number of methoxy groups -OCH3 is 2. The average molecular weight is 571 g/mol. The number of rotatable bonds is 13. The van der Waals surface area contributed by atoms with Crippen molar-refractivity contribution >= 4 is 38.4 Å². The minimum absolute atomic E-state index is 0.416. The molecule has 0 aromatic rings. The van der Waals surface area contributed by atoms with Gasteiger partial charge < -0.3 is 0 Å². The summed E-state index contributed by atoms with van der Waals surface area (Å²) in [4.78, 5) is 25.9. The Hall–Kier alpha value is -0.564. The zero-order chi connectivity index (χ0) is 24.4. The first-order valence-corrected chi connectivity index (χ1v) is 23.9. The molecule has 0 bridgehead atoms. The van der Waals surface area contributed by atoms with Crippen molar-refractivity contribution in [2.75, 3.05) is 14.2 Å². The van der Waals surface area contributed by atoms with E-state index in [0.29, 0.717) is 12.8 Å². The Kier molecular flexibility index (Phi) is 12.3. The fourth-order valence-corrected chi connectivity index (χ4v) is 21.8. The van der Waals surface area contributed by atoms with E-state index >= 15 is 0 Å². The van der Waals surface area contributed by atoms with E-state index in [-0.39, 0.29) is 0 Å². The first-order chi connectivity index (χ1) is 15.0. The molecule has 0 aromatic heterocycles. The van der Waals surface area contributed by atoms with E-state index in [0.717, 1.165) is 0 Å². The molecule has 0 amide bonds. The first kappa shape index (κ1) is 29.5. The van der Waals surface area contributed by atoms with Crippen LogP contribution in [0.2, 0.25) is 33.0 Å². The van der Waals surface area contributed by atoms with E-state index < -0.39 is 43.8 Å². The Morgan fingerprint density at radius 3 is 1.59 bits per heavy atom. The quantitative estimate of drug-likeness (QED) is 0.133. The molecule has 0 heterocycles. The van der Waals surface area contributed by atoms with Gasteiger partial charge in [0.15, 0.2) is 0 Å². The van der Waals surface area contributed by atoms with Crippen molar-refractivity contribution in [2.45, 2.75) is 105 Å². The number of allylic oxidation sites excluding steroid dienone is 2. The van der Waals surface area contributed by atoms with E-state index in [9.17, 15) is 9.59 Å². The average Bonchev–Trinajstić information content (AvgIpc) is 3.10. The molecular weight excluding hydrogens is 523 g/mol. The first-order valence-electron chi connectivity index (χ1n) is 12.6. The molecule has 6 heteroatoms. The molecule has 184 valence electrons. The SMILES string of the molecule is CCC[CH2][Sn](/[CH]=C1/CC(C(=O)OC)(C(=O)OC)CC1=C[Si](C)(C)C)([CH2]CCC)[CH2]CCC. The third-order valence-electron chi connectivity index (χ3n) is 6.72. The van der Waals surface area contributed by atoms with Crippen LogP contribution in [0.25, 0.3) is 0 Å². The standard InChI is InChI=1S/C14H21O4Si.3C4H9.Sn/c1-10-7-14(12(15)17-2,13(16)18-3)8-11(10)9-19(4,5)6;3*1-3-4-2;/h1,9H,7-8H2,2-6H3;3*1,3-4H2,2H3;. The second-order valence-electron chi connectivity index (χ2n) is 10.8. The van der Waals surface area contributed by atoms with Crippen LogP contribution < -0.4 is 0 Å². The van der Waals surface area contributed by atoms with E-state index in [1.54, 1.807) is 0 Å². The number of hydrogen-bond donors (Lipinski definition) is 0. The third kappa shape index (κ3) is 8.03. The van der Waals surface area contributed by atoms with Crippen LogP contribution in [0.5, 0.6) is 0 Å². The molecule has 0 aromatic carbocycles. The molecule has 1 aliphatic rings. The zero-order valence-corrected chi connectivity index (χ0v) is 25.9. The van der Waals surface area contributed by atoms with Gasteiger partial charge in [0.05, 0.1) is 0 Å².